The molecule has 18 heavy (non-hydrogen) atoms. The van der Waals surface area contributed by atoms with Gasteiger partial charge in [0.15, 0.2) is 0 Å². The minimum Gasteiger partial charge on any atom is -0.468 e. The lowest BCUT2D eigenvalue weighted by molar-refractivity contribution is -0.139. The van der Waals surface area contributed by atoms with E-state index in [1.807, 2.05) is 0 Å². The second kappa shape index (κ2) is 10.5. The van der Waals surface area contributed by atoms with Gasteiger partial charge in [-0.05, 0) is 33.2 Å². The van der Waals surface area contributed by atoms with Crippen LogP contribution in [0.2, 0.25) is 0 Å². The van der Waals surface area contributed by atoms with Crippen LogP contribution in [0, 0.1) is 0 Å². The molecule has 0 saturated heterocycles. The fourth-order valence-electron chi connectivity index (χ4n) is 1.38. The summed E-state index contributed by atoms with van der Waals surface area (Å²) >= 11 is 0. The summed E-state index contributed by atoms with van der Waals surface area (Å²) in [6.45, 7) is 5.24. The molecule has 0 aromatic heterocycles. The third-order valence-electron chi connectivity index (χ3n) is 2.18. The second-order valence-electron chi connectivity index (χ2n) is 3.63. The largest absolute Gasteiger partial charge is 0.468 e. The van der Waals surface area contributed by atoms with Crippen LogP contribution in [0.3, 0.4) is 0 Å². The maximum atomic E-state index is 12.1. The fraction of sp³-hybridized carbons (Fsp3) is 0.909. The van der Waals surface area contributed by atoms with Crippen LogP contribution in [0.4, 0.5) is 0 Å². The summed E-state index contributed by atoms with van der Waals surface area (Å²) in [4.78, 5) is 10.8. The number of carbonyl (C=O) groups is 1. The molecule has 0 aromatic carbocycles. The van der Waals surface area contributed by atoms with Crippen molar-refractivity contribution >= 4 is 13.6 Å². The topological polar surface area (TPSA) is 73.9 Å². The van der Waals surface area contributed by atoms with E-state index in [1.54, 1.807) is 13.8 Å². The molecule has 0 atom stereocenters. The lowest BCUT2D eigenvalue weighted by atomic mass is 10.3. The van der Waals surface area contributed by atoms with Gasteiger partial charge in [0.25, 0.3) is 0 Å². The average Bonchev–Trinajstić information content (AvgIpc) is 2.33. The highest BCUT2D eigenvalue weighted by molar-refractivity contribution is 7.53. The zero-order chi connectivity index (χ0) is 13.9. The summed E-state index contributed by atoms with van der Waals surface area (Å²) in [6, 6.07) is 0. The van der Waals surface area contributed by atoms with Gasteiger partial charge in [-0.2, -0.15) is 0 Å². The summed E-state index contributed by atoms with van der Waals surface area (Å²) in [5.74, 6) is -0.288. The molecule has 0 fully saturated rings. The fourth-order valence-corrected chi connectivity index (χ4v) is 3.11. The first-order valence-electron chi connectivity index (χ1n) is 6.23. The highest BCUT2D eigenvalue weighted by Gasteiger charge is 2.22. The van der Waals surface area contributed by atoms with Crippen molar-refractivity contribution in [3.63, 3.8) is 0 Å². The number of hydrogen-bond donors (Lipinski definition) is 1. The molecule has 0 aliphatic heterocycles. The van der Waals surface area contributed by atoms with Crippen molar-refractivity contribution in [2.45, 2.75) is 26.7 Å². The molecule has 7 heteroatoms. The zero-order valence-electron chi connectivity index (χ0n) is 11.4. The van der Waals surface area contributed by atoms with E-state index in [2.05, 4.69) is 10.1 Å². The van der Waals surface area contributed by atoms with E-state index < -0.39 is 7.60 Å². The van der Waals surface area contributed by atoms with Gasteiger partial charge < -0.3 is 19.1 Å². The van der Waals surface area contributed by atoms with Crippen LogP contribution in [-0.4, -0.2) is 45.5 Å². The Bertz CT molecular complexity index is 262. The lowest BCUT2D eigenvalue weighted by Gasteiger charge is -2.16. The third-order valence-corrected chi connectivity index (χ3v) is 4.35. The maximum absolute atomic E-state index is 12.1. The molecule has 0 rings (SSSR count). The molecule has 0 saturated carbocycles. The molecular weight excluding hydrogens is 257 g/mol. The van der Waals surface area contributed by atoms with Crippen LogP contribution >= 0.6 is 7.60 Å². The minimum absolute atomic E-state index is 0.199. The van der Waals surface area contributed by atoms with Gasteiger partial charge in [-0.1, -0.05) is 0 Å². The number of nitrogens with one attached hydrogen (secondary N) is 1. The Hall–Kier alpha value is -0.420. The SMILES string of the molecule is CCOP(=O)(CCCCNCC(=O)OC)OCC. The van der Waals surface area contributed by atoms with Crippen LogP contribution in [0.5, 0.6) is 0 Å². The summed E-state index contributed by atoms with van der Waals surface area (Å²) in [5.41, 5.74) is 0. The summed E-state index contributed by atoms with van der Waals surface area (Å²) in [5, 5.41) is 2.94. The van der Waals surface area contributed by atoms with Crippen molar-refractivity contribution in [1.82, 2.24) is 5.32 Å². The summed E-state index contributed by atoms with van der Waals surface area (Å²) in [7, 11) is -1.56. The molecule has 0 amide bonds. The van der Waals surface area contributed by atoms with Crippen molar-refractivity contribution < 1.29 is 23.1 Å². The van der Waals surface area contributed by atoms with Gasteiger partial charge in [0, 0.05) is 0 Å². The molecule has 1 N–H and O–H groups in total. The van der Waals surface area contributed by atoms with E-state index >= 15 is 0 Å². The van der Waals surface area contributed by atoms with Crippen molar-refractivity contribution in [2.24, 2.45) is 0 Å². The van der Waals surface area contributed by atoms with Crippen molar-refractivity contribution in [3.8, 4) is 0 Å². The molecule has 0 heterocycles. The molecule has 0 aromatic rings. The number of esters is 1. The summed E-state index contributed by atoms with van der Waals surface area (Å²) in [6.07, 6.45) is 1.95. The van der Waals surface area contributed by atoms with Crippen LogP contribution in [0.15, 0.2) is 0 Å². The number of hydrogen-bond acceptors (Lipinski definition) is 6. The maximum Gasteiger partial charge on any atom is 0.330 e. The highest BCUT2D eigenvalue weighted by Crippen LogP contribution is 2.48. The van der Waals surface area contributed by atoms with Crippen LogP contribution < -0.4 is 5.32 Å². The smallest absolute Gasteiger partial charge is 0.330 e. The van der Waals surface area contributed by atoms with Gasteiger partial charge in [0.2, 0.25) is 0 Å². The molecular formula is C11H24NO5P. The van der Waals surface area contributed by atoms with Crippen molar-refractivity contribution in [1.29, 1.82) is 0 Å². The number of carbonyl (C=O) groups excluding carboxylic acids is 1. The first-order valence-corrected chi connectivity index (χ1v) is 7.96. The van der Waals surface area contributed by atoms with Crippen molar-refractivity contribution in [3.05, 3.63) is 0 Å². The first-order chi connectivity index (χ1) is 8.58. The van der Waals surface area contributed by atoms with Gasteiger partial charge in [-0.25, -0.2) is 0 Å². The van der Waals surface area contributed by atoms with E-state index in [0.29, 0.717) is 25.9 Å². The third kappa shape index (κ3) is 8.64. The Balaban J connectivity index is 3.67. The van der Waals surface area contributed by atoms with E-state index in [9.17, 15) is 9.36 Å². The van der Waals surface area contributed by atoms with E-state index in [-0.39, 0.29) is 12.5 Å². The Kier molecular flexibility index (Phi) is 10.3. The normalized spacial score (nSPS) is 11.5. The predicted molar refractivity (Wildman–Crippen MR) is 69.8 cm³/mol. The molecule has 0 aliphatic carbocycles. The Morgan fingerprint density at radius 3 is 2.28 bits per heavy atom. The summed E-state index contributed by atoms with van der Waals surface area (Å²) < 4.78 is 26.9. The molecule has 108 valence electrons. The Morgan fingerprint density at radius 1 is 1.17 bits per heavy atom. The first kappa shape index (κ1) is 17.6. The standard InChI is InChI=1S/C11H24NO5P/c1-4-16-18(14,17-5-2)9-7-6-8-12-10-11(13)15-3/h12H,4-10H2,1-3H3. The van der Waals surface area contributed by atoms with Gasteiger partial charge in [-0.3, -0.25) is 9.36 Å². The molecule has 0 radical (unpaired) electrons. The molecule has 0 bridgehead atoms. The van der Waals surface area contributed by atoms with E-state index in [1.165, 1.54) is 7.11 Å². The molecule has 6 nitrogen and oxygen atoms in total. The average molecular weight is 281 g/mol. The van der Waals surface area contributed by atoms with Crippen LogP contribution in [0.25, 0.3) is 0 Å². The Labute approximate surface area is 109 Å². The van der Waals surface area contributed by atoms with Crippen LogP contribution in [0.1, 0.15) is 26.7 Å². The van der Waals surface area contributed by atoms with Crippen molar-refractivity contribution in [2.75, 3.05) is 39.6 Å². The number of methoxy groups -OCH3 is 1. The van der Waals surface area contributed by atoms with Gasteiger partial charge >= 0.3 is 13.6 Å². The second-order valence-corrected chi connectivity index (χ2v) is 5.82. The van der Waals surface area contributed by atoms with Gasteiger partial charge in [0.05, 0.1) is 33.0 Å². The zero-order valence-corrected chi connectivity index (χ0v) is 12.3. The molecule has 0 aliphatic rings. The monoisotopic (exact) mass is 281 g/mol. The van der Waals surface area contributed by atoms with E-state index in [4.69, 9.17) is 9.05 Å². The van der Waals surface area contributed by atoms with E-state index in [0.717, 1.165) is 12.8 Å². The number of ether oxygens (including phenoxy) is 1. The number of rotatable bonds is 11. The molecule has 0 spiro atoms. The lowest BCUT2D eigenvalue weighted by Crippen LogP contribution is -2.24. The van der Waals surface area contributed by atoms with Gasteiger partial charge in [0.1, 0.15) is 0 Å². The molecule has 0 unspecified atom stereocenters. The quantitative estimate of drug-likeness (QED) is 0.353. The predicted octanol–water partition coefficient (Wildman–Crippen LogP) is 1.80. The highest BCUT2D eigenvalue weighted by atomic mass is 31.2. The van der Waals surface area contributed by atoms with Gasteiger partial charge in [-0.15, -0.1) is 0 Å². The number of unbranched alkanes of at least 4 members (excludes halogenated alkanes) is 1. The minimum atomic E-state index is -2.91. The Morgan fingerprint density at radius 2 is 1.78 bits per heavy atom. The van der Waals surface area contributed by atoms with Crippen LogP contribution in [-0.2, 0) is 23.1 Å².